The minimum Gasteiger partial charge on any atom is -0.507 e. The van der Waals surface area contributed by atoms with E-state index >= 15 is 0 Å². The highest BCUT2D eigenvalue weighted by Crippen LogP contribution is 2.56. The molecule has 1 heterocycles. The van der Waals surface area contributed by atoms with Gasteiger partial charge in [-0.25, -0.2) is 0 Å². The summed E-state index contributed by atoms with van der Waals surface area (Å²) in [4.78, 5) is 55.6. The molecule has 0 spiro atoms. The molecular weight excluding hydrogens is 558 g/mol. The largest absolute Gasteiger partial charge is 0.507 e. The predicted molar refractivity (Wildman–Crippen MR) is 151 cm³/mol. The monoisotopic (exact) mass is 583 g/mol. The van der Waals surface area contributed by atoms with Crippen molar-refractivity contribution in [3.63, 3.8) is 0 Å². The molecule has 1 aliphatic heterocycles. The molecule has 4 aliphatic rings. The Hall–Kier alpha value is -3.84. The highest BCUT2D eigenvalue weighted by molar-refractivity contribution is 9.12. The number of phenols is 1. The summed E-state index contributed by atoms with van der Waals surface area (Å²) in [6, 6.07) is 10.8. The summed E-state index contributed by atoms with van der Waals surface area (Å²) in [5.74, 6) is -2.99. The van der Waals surface area contributed by atoms with E-state index in [1.54, 1.807) is 32.1 Å². The summed E-state index contributed by atoms with van der Waals surface area (Å²) in [6.45, 7) is 7.35. The second-order valence-corrected chi connectivity index (χ2v) is 11.6. The van der Waals surface area contributed by atoms with Crippen molar-refractivity contribution < 1.29 is 24.3 Å². The topological polar surface area (TPSA) is 91.8 Å². The van der Waals surface area contributed by atoms with E-state index in [0.29, 0.717) is 34.4 Å². The Morgan fingerprint density at radius 3 is 2.31 bits per heavy atom. The Kier molecular flexibility index (Phi) is 5.95. The second-order valence-electron chi connectivity index (χ2n) is 10.7. The number of aryl methyl sites for hydroxylation is 2. The Bertz CT molecular complexity index is 1590. The molecule has 0 aromatic heterocycles. The van der Waals surface area contributed by atoms with Gasteiger partial charge in [0.2, 0.25) is 11.8 Å². The normalized spacial score (nSPS) is 26.2. The first-order valence-corrected chi connectivity index (χ1v) is 13.7. The van der Waals surface area contributed by atoms with Gasteiger partial charge in [0.05, 0.1) is 22.0 Å². The molecule has 2 aromatic carbocycles. The number of rotatable bonds is 3. The fourth-order valence-electron chi connectivity index (χ4n) is 6.76. The molecule has 3 aliphatic carbocycles. The smallest absolute Gasteiger partial charge is 0.238 e. The molecule has 7 heteroatoms. The predicted octanol–water partition coefficient (Wildman–Crippen LogP) is 5.62. The number of ketones is 2. The van der Waals surface area contributed by atoms with Gasteiger partial charge in [-0.15, -0.1) is 0 Å². The van der Waals surface area contributed by atoms with Crippen LogP contribution in [0, 0.1) is 31.6 Å². The van der Waals surface area contributed by atoms with E-state index in [9.17, 15) is 24.3 Å². The maximum Gasteiger partial charge on any atom is 0.238 e. The number of Topliss-reactive ketones (excluding diaryl/α,β-unsaturated/α-hetero) is 1. The van der Waals surface area contributed by atoms with Crippen molar-refractivity contribution in [2.75, 3.05) is 4.90 Å². The minimum atomic E-state index is -0.639. The fraction of sp³-hybridized carbons (Fsp3) is 0.250. The molecule has 0 saturated carbocycles. The number of nitrogens with zero attached hydrogens (tertiary/aromatic N) is 1. The summed E-state index contributed by atoms with van der Waals surface area (Å²) in [5, 5.41) is 10.4. The molecule has 196 valence electrons. The molecule has 2 aromatic rings. The van der Waals surface area contributed by atoms with Crippen LogP contribution in [-0.4, -0.2) is 28.5 Å². The molecule has 39 heavy (non-hydrogen) atoms. The van der Waals surface area contributed by atoms with Crippen molar-refractivity contribution in [3.8, 4) is 5.75 Å². The number of phenolic OH excluding ortho intramolecular Hbond substituents is 1. The average Bonchev–Trinajstić information content (AvgIpc) is 3.18. The molecule has 4 atom stereocenters. The molecule has 1 fully saturated rings. The van der Waals surface area contributed by atoms with Gasteiger partial charge in [-0.05, 0) is 82.9 Å². The number of carbonyl (C=O) groups excluding carboxylic acids is 4. The summed E-state index contributed by atoms with van der Waals surface area (Å²) < 4.78 is 0.195. The summed E-state index contributed by atoms with van der Waals surface area (Å²) >= 11 is 3.26. The van der Waals surface area contributed by atoms with Crippen molar-refractivity contribution in [3.05, 3.63) is 98.6 Å². The van der Waals surface area contributed by atoms with Crippen LogP contribution in [0.5, 0.6) is 5.75 Å². The van der Waals surface area contributed by atoms with Crippen LogP contribution in [0.2, 0.25) is 0 Å². The lowest BCUT2D eigenvalue weighted by molar-refractivity contribution is -0.123. The maximum absolute atomic E-state index is 14.0. The zero-order valence-electron chi connectivity index (χ0n) is 21.5. The van der Waals surface area contributed by atoms with Gasteiger partial charge in [0.15, 0.2) is 11.6 Å². The minimum absolute atomic E-state index is 0.182. The van der Waals surface area contributed by atoms with Gasteiger partial charge in [-0.1, -0.05) is 48.6 Å². The van der Waals surface area contributed by atoms with Gasteiger partial charge in [0.1, 0.15) is 5.75 Å². The molecule has 2 amide bonds. The standard InChI is InChI=1S/C32H26BrNO5/c1-4-17-5-7-19(8-6-17)34-31(38)21-10-9-20-22(27(21)32(34)39)13-23-28(25(35)14-24(33)30(23)37)26(20)18-11-15(2)29(36)16(3)12-18/h4-9,11-12,14,21-22,26-27,36H,1,10,13H2,2-3H3. The lowest BCUT2D eigenvalue weighted by Crippen LogP contribution is -2.39. The number of benzene rings is 2. The Morgan fingerprint density at radius 2 is 1.67 bits per heavy atom. The molecule has 1 N–H and O–H groups in total. The van der Waals surface area contributed by atoms with Gasteiger partial charge in [-0.2, -0.15) is 0 Å². The van der Waals surface area contributed by atoms with E-state index in [0.717, 1.165) is 16.7 Å². The van der Waals surface area contributed by atoms with Gasteiger partial charge in [0, 0.05) is 23.1 Å². The van der Waals surface area contributed by atoms with Crippen LogP contribution < -0.4 is 4.90 Å². The van der Waals surface area contributed by atoms with Crippen LogP contribution in [0.25, 0.3) is 6.08 Å². The van der Waals surface area contributed by atoms with Crippen molar-refractivity contribution in [1.29, 1.82) is 0 Å². The van der Waals surface area contributed by atoms with E-state index in [1.165, 1.54) is 11.0 Å². The van der Waals surface area contributed by atoms with Crippen LogP contribution >= 0.6 is 15.9 Å². The first-order chi connectivity index (χ1) is 18.6. The SMILES string of the molecule is C=Cc1ccc(N2C(=O)C3CC=C4C(c5cc(C)c(O)c(C)c5)C5=C(CC4C3C2=O)C(=O)C(Br)=CC5=O)cc1. The Labute approximate surface area is 234 Å². The summed E-state index contributed by atoms with van der Waals surface area (Å²) in [7, 11) is 0. The van der Waals surface area contributed by atoms with Crippen molar-refractivity contribution >= 4 is 51.1 Å². The van der Waals surface area contributed by atoms with Gasteiger partial charge in [0.25, 0.3) is 0 Å². The first-order valence-electron chi connectivity index (χ1n) is 12.9. The zero-order chi connectivity index (χ0) is 27.7. The number of aromatic hydroxyl groups is 1. The third-order valence-corrected chi connectivity index (χ3v) is 9.15. The number of halogens is 1. The molecule has 1 saturated heterocycles. The van der Waals surface area contributed by atoms with Crippen LogP contribution in [0.3, 0.4) is 0 Å². The fourth-order valence-corrected chi connectivity index (χ4v) is 7.20. The zero-order valence-corrected chi connectivity index (χ0v) is 23.1. The average molecular weight is 584 g/mol. The second kappa shape index (κ2) is 9.12. The molecular formula is C32H26BrNO5. The number of hydrogen-bond donors (Lipinski definition) is 1. The number of imide groups is 1. The van der Waals surface area contributed by atoms with Gasteiger partial charge < -0.3 is 5.11 Å². The first kappa shape index (κ1) is 25.4. The number of fused-ring (bicyclic) bond motifs is 3. The number of carbonyl (C=O) groups is 4. The maximum atomic E-state index is 14.0. The Balaban J connectivity index is 1.49. The molecule has 4 unspecified atom stereocenters. The number of anilines is 1. The van der Waals surface area contributed by atoms with E-state index in [2.05, 4.69) is 22.5 Å². The van der Waals surface area contributed by atoms with Crippen LogP contribution in [0.15, 0.2) is 76.3 Å². The molecule has 6 rings (SSSR count). The summed E-state index contributed by atoms with van der Waals surface area (Å²) in [5.41, 5.74) is 5.20. The van der Waals surface area contributed by atoms with E-state index in [1.807, 2.05) is 30.3 Å². The number of amides is 2. The highest BCUT2D eigenvalue weighted by Gasteiger charge is 2.56. The van der Waals surface area contributed by atoms with E-state index < -0.39 is 23.7 Å². The van der Waals surface area contributed by atoms with E-state index in [-0.39, 0.29) is 40.0 Å². The lowest BCUT2D eigenvalue weighted by atomic mass is 9.59. The van der Waals surface area contributed by atoms with Crippen LogP contribution in [0.4, 0.5) is 5.69 Å². The quantitative estimate of drug-likeness (QED) is 0.288. The summed E-state index contributed by atoms with van der Waals surface area (Å²) in [6.07, 6.45) is 5.60. The molecule has 0 radical (unpaired) electrons. The van der Waals surface area contributed by atoms with Crippen molar-refractivity contribution in [2.24, 2.45) is 17.8 Å². The van der Waals surface area contributed by atoms with Gasteiger partial charge in [-0.3, -0.25) is 24.1 Å². The van der Waals surface area contributed by atoms with Crippen molar-refractivity contribution in [2.45, 2.75) is 32.6 Å². The van der Waals surface area contributed by atoms with Crippen LogP contribution in [0.1, 0.15) is 41.0 Å². The number of allylic oxidation sites excluding steroid dienone is 6. The Morgan fingerprint density at radius 1 is 1.00 bits per heavy atom. The van der Waals surface area contributed by atoms with Crippen molar-refractivity contribution in [1.82, 2.24) is 0 Å². The highest BCUT2D eigenvalue weighted by atomic mass is 79.9. The lowest BCUT2D eigenvalue weighted by Gasteiger charge is -2.42. The third kappa shape index (κ3) is 3.74. The van der Waals surface area contributed by atoms with Gasteiger partial charge >= 0.3 is 0 Å². The van der Waals surface area contributed by atoms with E-state index in [4.69, 9.17) is 0 Å². The van der Waals surface area contributed by atoms with Crippen LogP contribution in [-0.2, 0) is 19.2 Å². The number of hydrogen-bond acceptors (Lipinski definition) is 5. The molecule has 0 bridgehead atoms. The molecule has 6 nitrogen and oxygen atoms in total. The third-order valence-electron chi connectivity index (χ3n) is 8.56.